The van der Waals surface area contributed by atoms with Crippen LogP contribution in [0.3, 0.4) is 0 Å². The van der Waals surface area contributed by atoms with Gasteiger partial charge < -0.3 is 15.5 Å². The number of benzene rings is 1. The predicted molar refractivity (Wildman–Crippen MR) is 99.5 cm³/mol. The van der Waals surface area contributed by atoms with Crippen molar-refractivity contribution in [3.63, 3.8) is 0 Å². The fourth-order valence-electron chi connectivity index (χ4n) is 2.26. The molecule has 0 unspecified atom stereocenters. The lowest BCUT2D eigenvalue weighted by Crippen LogP contribution is -1.99. The van der Waals surface area contributed by atoms with E-state index in [2.05, 4.69) is 25.5 Å². The molecule has 0 aliphatic heterocycles. The van der Waals surface area contributed by atoms with Gasteiger partial charge in [0.25, 0.3) is 0 Å². The summed E-state index contributed by atoms with van der Waals surface area (Å²) in [6.45, 7) is 0.580. The van der Waals surface area contributed by atoms with Crippen LogP contribution >= 0.6 is 23.1 Å². The number of nitrogen functional groups attached to an aromatic ring is 1. The zero-order valence-corrected chi connectivity index (χ0v) is 14.7. The van der Waals surface area contributed by atoms with Crippen molar-refractivity contribution in [2.24, 2.45) is 0 Å². The summed E-state index contributed by atoms with van der Waals surface area (Å²) >= 11 is 3.02. The fourth-order valence-corrected chi connectivity index (χ4v) is 3.86. The van der Waals surface area contributed by atoms with Crippen molar-refractivity contribution in [2.75, 3.05) is 11.1 Å². The second-order valence-electron chi connectivity index (χ2n) is 5.14. The summed E-state index contributed by atoms with van der Waals surface area (Å²) in [5.74, 6) is 2.62. The van der Waals surface area contributed by atoms with E-state index in [9.17, 15) is 0 Å². The van der Waals surface area contributed by atoms with E-state index in [4.69, 9.17) is 10.2 Å². The summed E-state index contributed by atoms with van der Waals surface area (Å²) in [5, 5.41) is 13.1. The quantitative estimate of drug-likeness (QED) is 0.497. The van der Waals surface area contributed by atoms with E-state index in [-0.39, 0.29) is 0 Å². The van der Waals surface area contributed by atoms with E-state index >= 15 is 0 Å². The summed E-state index contributed by atoms with van der Waals surface area (Å²) in [6.07, 6.45) is 1.65. The van der Waals surface area contributed by atoms with E-state index in [1.54, 1.807) is 6.26 Å². The molecule has 4 aromatic rings. The van der Waals surface area contributed by atoms with Crippen LogP contribution in [0.15, 0.2) is 51.4 Å². The maximum Gasteiger partial charge on any atom is 0.206 e. The van der Waals surface area contributed by atoms with Crippen molar-refractivity contribution in [1.82, 2.24) is 20.2 Å². The van der Waals surface area contributed by atoms with E-state index in [1.165, 1.54) is 23.1 Å². The first-order valence-electron chi connectivity index (χ1n) is 7.51. The minimum absolute atomic E-state index is 0.499. The first-order valence-corrected chi connectivity index (χ1v) is 9.32. The molecule has 25 heavy (non-hydrogen) atoms. The van der Waals surface area contributed by atoms with Gasteiger partial charge in [-0.25, -0.2) is 9.97 Å². The summed E-state index contributed by atoms with van der Waals surface area (Å²) < 4.78 is 6.12. The highest BCUT2D eigenvalue weighted by atomic mass is 32.2. The summed E-state index contributed by atoms with van der Waals surface area (Å²) in [5.41, 5.74) is 6.86. The van der Waals surface area contributed by atoms with Crippen LogP contribution in [0.5, 0.6) is 0 Å². The Morgan fingerprint density at radius 3 is 2.92 bits per heavy atom. The number of para-hydroxylation sites is 1. The number of thioether (sulfide) groups is 1. The summed E-state index contributed by atoms with van der Waals surface area (Å²) in [4.78, 5) is 8.91. The van der Waals surface area contributed by atoms with Gasteiger partial charge in [-0.15, -0.1) is 10.2 Å². The monoisotopic (exact) mass is 370 g/mol. The Labute approximate surface area is 151 Å². The number of rotatable bonds is 6. The van der Waals surface area contributed by atoms with E-state index in [1.807, 2.05) is 36.4 Å². The molecule has 7 nitrogen and oxygen atoms in total. The van der Waals surface area contributed by atoms with Gasteiger partial charge in [0.15, 0.2) is 4.34 Å². The summed E-state index contributed by atoms with van der Waals surface area (Å²) in [7, 11) is 0. The molecule has 126 valence electrons. The molecule has 3 heterocycles. The van der Waals surface area contributed by atoms with Crippen LogP contribution in [-0.2, 0) is 12.3 Å². The normalized spacial score (nSPS) is 11.0. The lowest BCUT2D eigenvalue weighted by atomic mass is 10.2. The molecule has 0 saturated heterocycles. The van der Waals surface area contributed by atoms with Crippen molar-refractivity contribution >= 4 is 45.0 Å². The molecule has 3 aromatic heterocycles. The molecule has 0 aliphatic carbocycles. The number of furan rings is 1. The Morgan fingerprint density at radius 1 is 1.12 bits per heavy atom. The van der Waals surface area contributed by atoms with Crippen molar-refractivity contribution in [2.45, 2.75) is 16.6 Å². The van der Waals surface area contributed by atoms with Crippen LogP contribution in [0.25, 0.3) is 10.9 Å². The first kappa shape index (κ1) is 15.9. The van der Waals surface area contributed by atoms with E-state index in [0.29, 0.717) is 23.9 Å². The number of nitrogens with two attached hydrogens (primary N) is 1. The smallest absolute Gasteiger partial charge is 0.206 e. The highest BCUT2D eigenvalue weighted by molar-refractivity contribution is 8.00. The van der Waals surface area contributed by atoms with Gasteiger partial charge in [0.1, 0.15) is 17.4 Å². The Morgan fingerprint density at radius 2 is 2.04 bits per heavy atom. The molecule has 1 aromatic carbocycles. The number of hydrogen-bond donors (Lipinski definition) is 2. The highest BCUT2D eigenvalue weighted by Crippen LogP contribution is 2.28. The van der Waals surface area contributed by atoms with Gasteiger partial charge in [0.2, 0.25) is 5.13 Å². The average molecular weight is 370 g/mol. The topological polar surface area (TPSA) is 103 Å². The standard InChI is InChI=1S/C16H14N6OS2/c17-14-11-5-1-2-6-12(11)19-13(20-14)9-24-16-22-21-15(25-16)18-8-10-4-3-7-23-10/h1-7H,8-9H2,(H,18,21)(H2,17,19,20). The zero-order valence-electron chi connectivity index (χ0n) is 13.0. The van der Waals surface area contributed by atoms with Crippen LogP contribution in [0.4, 0.5) is 10.9 Å². The van der Waals surface area contributed by atoms with Gasteiger partial charge in [0, 0.05) is 5.39 Å². The maximum atomic E-state index is 6.01. The number of nitrogens with zero attached hydrogens (tertiary/aromatic N) is 4. The fraction of sp³-hybridized carbons (Fsp3) is 0.125. The second-order valence-corrected chi connectivity index (χ2v) is 7.34. The molecule has 9 heteroatoms. The van der Waals surface area contributed by atoms with Crippen molar-refractivity contribution < 1.29 is 4.42 Å². The van der Waals surface area contributed by atoms with Gasteiger partial charge in [-0.1, -0.05) is 35.2 Å². The van der Waals surface area contributed by atoms with Crippen LogP contribution in [0.1, 0.15) is 11.6 Å². The molecule has 0 spiro atoms. The minimum atomic E-state index is 0.499. The Hall–Kier alpha value is -2.65. The third-order valence-electron chi connectivity index (χ3n) is 3.40. The Kier molecular flexibility index (Phi) is 4.49. The predicted octanol–water partition coefficient (Wildman–Crippen LogP) is 3.56. The molecule has 0 fully saturated rings. The summed E-state index contributed by atoms with van der Waals surface area (Å²) in [6, 6.07) is 11.5. The van der Waals surface area contributed by atoms with E-state index < -0.39 is 0 Å². The molecule has 4 rings (SSSR count). The first-order chi connectivity index (χ1) is 12.3. The number of anilines is 2. The van der Waals surface area contributed by atoms with Gasteiger partial charge in [-0.2, -0.15) is 0 Å². The van der Waals surface area contributed by atoms with Crippen molar-refractivity contribution in [1.29, 1.82) is 0 Å². The molecule has 0 saturated carbocycles. The van der Waals surface area contributed by atoms with Gasteiger partial charge in [0.05, 0.1) is 24.1 Å². The minimum Gasteiger partial charge on any atom is -0.467 e. The van der Waals surface area contributed by atoms with Gasteiger partial charge in [-0.3, -0.25) is 0 Å². The number of fused-ring (bicyclic) bond motifs is 1. The molecule has 3 N–H and O–H groups in total. The number of nitrogens with one attached hydrogen (secondary N) is 1. The average Bonchev–Trinajstić information content (AvgIpc) is 3.30. The molecular formula is C16H14N6OS2. The van der Waals surface area contributed by atoms with Crippen molar-refractivity contribution in [3.05, 3.63) is 54.2 Å². The molecule has 0 aliphatic rings. The SMILES string of the molecule is Nc1nc(CSc2nnc(NCc3ccco3)s2)nc2ccccc12. The number of hydrogen-bond acceptors (Lipinski definition) is 9. The van der Waals surface area contributed by atoms with Crippen molar-refractivity contribution in [3.8, 4) is 0 Å². The molecule has 0 atom stereocenters. The maximum absolute atomic E-state index is 6.01. The third kappa shape index (κ3) is 3.72. The zero-order chi connectivity index (χ0) is 17.1. The van der Waals surface area contributed by atoms with Gasteiger partial charge in [-0.05, 0) is 24.3 Å². The number of aromatic nitrogens is 4. The molecule has 0 amide bonds. The molecule has 0 radical (unpaired) electrons. The molecular weight excluding hydrogens is 356 g/mol. The van der Waals surface area contributed by atoms with Gasteiger partial charge >= 0.3 is 0 Å². The second kappa shape index (κ2) is 7.08. The third-order valence-corrected chi connectivity index (χ3v) is 5.41. The van der Waals surface area contributed by atoms with Crippen LogP contribution in [0, 0.1) is 0 Å². The van der Waals surface area contributed by atoms with Crippen LogP contribution in [-0.4, -0.2) is 20.2 Å². The lowest BCUT2D eigenvalue weighted by molar-refractivity contribution is 0.518. The highest BCUT2D eigenvalue weighted by Gasteiger charge is 2.09. The lowest BCUT2D eigenvalue weighted by Gasteiger charge is -2.04. The Balaban J connectivity index is 1.40. The largest absolute Gasteiger partial charge is 0.467 e. The van der Waals surface area contributed by atoms with Crippen LogP contribution < -0.4 is 11.1 Å². The Bertz CT molecular complexity index is 985. The van der Waals surface area contributed by atoms with Crippen LogP contribution in [0.2, 0.25) is 0 Å². The van der Waals surface area contributed by atoms with E-state index in [0.717, 1.165) is 26.1 Å². The molecule has 0 bridgehead atoms.